The van der Waals surface area contributed by atoms with Gasteiger partial charge in [0.05, 0.1) is 5.56 Å². The molecule has 1 fully saturated rings. The maximum Gasteiger partial charge on any atom is 0.260 e. The SMILES string of the molecule is CCC1CCCC(c2noc(-c3cc(F)ccc3N)n2)C1. The van der Waals surface area contributed by atoms with Gasteiger partial charge >= 0.3 is 0 Å². The number of aromatic nitrogens is 2. The number of hydrogen-bond acceptors (Lipinski definition) is 4. The van der Waals surface area contributed by atoms with Crippen LogP contribution in [0.2, 0.25) is 0 Å². The average molecular weight is 289 g/mol. The molecule has 2 N–H and O–H groups in total. The second-order valence-electron chi connectivity index (χ2n) is 5.83. The average Bonchev–Trinajstić information content (AvgIpc) is 2.99. The van der Waals surface area contributed by atoms with Crippen LogP contribution < -0.4 is 5.73 Å². The van der Waals surface area contributed by atoms with Crippen LogP contribution in [0.1, 0.15) is 50.8 Å². The maximum absolute atomic E-state index is 13.3. The van der Waals surface area contributed by atoms with E-state index in [1.807, 2.05) is 0 Å². The second-order valence-corrected chi connectivity index (χ2v) is 5.83. The van der Waals surface area contributed by atoms with Crippen molar-refractivity contribution in [3.8, 4) is 11.5 Å². The van der Waals surface area contributed by atoms with E-state index in [1.165, 1.54) is 37.5 Å². The summed E-state index contributed by atoms with van der Waals surface area (Å²) in [4.78, 5) is 4.45. The lowest BCUT2D eigenvalue weighted by Crippen LogP contribution is -2.14. The van der Waals surface area contributed by atoms with Crippen LogP contribution >= 0.6 is 0 Å². The largest absolute Gasteiger partial charge is 0.398 e. The topological polar surface area (TPSA) is 64.9 Å². The molecule has 0 amide bonds. The van der Waals surface area contributed by atoms with Gasteiger partial charge in [-0.25, -0.2) is 4.39 Å². The van der Waals surface area contributed by atoms with Crippen LogP contribution in [0.4, 0.5) is 10.1 Å². The first kappa shape index (κ1) is 14.0. The first-order chi connectivity index (χ1) is 10.2. The number of anilines is 1. The highest BCUT2D eigenvalue weighted by atomic mass is 19.1. The van der Waals surface area contributed by atoms with E-state index in [2.05, 4.69) is 17.1 Å². The van der Waals surface area contributed by atoms with E-state index in [9.17, 15) is 4.39 Å². The summed E-state index contributed by atoms with van der Waals surface area (Å²) in [7, 11) is 0. The Labute approximate surface area is 123 Å². The van der Waals surface area contributed by atoms with Gasteiger partial charge in [-0.05, 0) is 37.0 Å². The van der Waals surface area contributed by atoms with Crippen molar-refractivity contribution in [3.05, 3.63) is 29.8 Å². The van der Waals surface area contributed by atoms with Crippen LogP contribution in [0.3, 0.4) is 0 Å². The predicted octanol–water partition coefficient (Wildman–Crippen LogP) is 4.14. The van der Waals surface area contributed by atoms with Crippen molar-refractivity contribution in [1.29, 1.82) is 0 Å². The zero-order valence-corrected chi connectivity index (χ0v) is 12.2. The number of benzene rings is 1. The molecule has 1 saturated carbocycles. The third kappa shape index (κ3) is 2.91. The molecule has 1 aliphatic carbocycles. The van der Waals surface area contributed by atoms with Crippen LogP contribution in [0.5, 0.6) is 0 Å². The summed E-state index contributed by atoms with van der Waals surface area (Å²) in [6.45, 7) is 2.22. The first-order valence-corrected chi connectivity index (χ1v) is 7.56. The Morgan fingerprint density at radius 3 is 3.05 bits per heavy atom. The Bertz CT molecular complexity index is 626. The highest BCUT2D eigenvalue weighted by Gasteiger charge is 2.26. The number of halogens is 1. The molecule has 2 aromatic rings. The summed E-state index contributed by atoms with van der Waals surface area (Å²) < 4.78 is 18.6. The van der Waals surface area contributed by atoms with Gasteiger partial charge in [-0.1, -0.05) is 31.3 Å². The molecule has 112 valence electrons. The van der Waals surface area contributed by atoms with E-state index in [1.54, 1.807) is 0 Å². The van der Waals surface area contributed by atoms with Crippen molar-refractivity contribution in [1.82, 2.24) is 10.1 Å². The quantitative estimate of drug-likeness (QED) is 0.862. The maximum atomic E-state index is 13.3. The van der Waals surface area contributed by atoms with Gasteiger partial charge in [0.2, 0.25) is 0 Å². The Hall–Kier alpha value is -1.91. The Balaban J connectivity index is 1.84. The minimum absolute atomic E-state index is 0.306. The lowest BCUT2D eigenvalue weighted by Gasteiger charge is -2.26. The van der Waals surface area contributed by atoms with Gasteiger partial charge in [0.25, 0.3) is 5.89 Å². The number of nitrogen functional groups attached to an aromatic ring is 1. The summed E-state index contributed by atoms with van der Waals surface area (Å²) in [6, 6.07) is 4.17. The number of nitrogens with two attached hydrogens (primary N) is 1. The van der Waals surface area contributed by atoms with Gasteiger partial charge in [-0.3, -0.25) is 0 Å². The molecule has 4 nitrogen and oxygen atoms in total. The van der Waals surface area contributed by atoms with Crippen LogP contribution in [-0.2, 0) is 0 Å². The fraction of sp³-hybridized carbons (Fsp3) is 0.500. The van der Waals surface area contributed by atoms with Gasteiger partial charge in [0.1, 0.15) is 5.82 Å². The summed E-state index contributed by atoms with van der Waals surface area (Å²) >= 11 is 0. The van der Waals surface area contributed by atoms with E-state index in [4.69, 9.17) is 10.3 Å². The zero-order chi connectivity index (χ0) is 14.8. The standard InChI is InChI=1S/C16H20FN3O/c1-2-10-4-3-5-11(8-10)15-19-16(21-20-15)13-9-12(17)6-7-14(13)18/h6-7,9-11H,2-5,8,18H2,1H3. The minimum Gasteiger partial charge on any atom is -0.398 e. The van der Waals surface area contributed by atoms with Crippen molar-refractivity contribution in [2.45, 2.75) is 44.9 Å². The summed E-state index contributed by atoms with van der Waals surface area (Å²) in [5, 5.41) is 4.09. The van der Waals surface area contributed by atoms with E-state index in [-0.39, 0.29) is 5.82 Å². The smallest absolute Gasteiger partial charge is 0.260 e. The molecule has 1 heterocycles. The lowest BCUT2D eigenvalue weighted by molar-refractivity contribution is 0.300. The molecule has 1 aromatic carbocycles. The molecule has 5 heteroatoms. The van der Waals surface area contributed by atoms with E-state index in [0.29, 0.717) is 23.1 Å². The van der Waals surface area contributed by atoms with Crippen LogP contribution in [-0.4, -0.2) is 10.1 Å². The van der Waals surface area contributed by atoms with Crippen LogP contribution in [0, 0.1) is 11.7 Å². The van der Waals surface area contributed by atoms with Crippen molar-refractivity contribution in [2.24, 2.45) is 5.92 Å². The van der Waals surface area contributed by atoms with Crippen molar-refractivity contribution >= 4 is 5.69 Å². The molecule has 0 aliphatic heterocycles. The molecular weight excluding hydrogens is 269 g/mol. The third-order valence-electron chi connectivity index (χ3n) is 4.41. The Morgan fingerprint density at radius 2 is 2.24 bits per heavy atom. The fourth-order valence-electron chi connectivity index (χ4n) is 3.12. The molecule has 1 aliphatic rings. The normalized spacial score (nSPS) is 22.4. The molecular formula is C16H20FN3O. The van der Waals surface area contributed by atoms with Crippen LogP contribution in [0.25, 0.3) is 11.5 Å². The monoisotopic (exact) mass is 289 g/mol. The molecule has 0 bridgehead atoms. The van der Waals surface area contributed by atoms with Crippen molar-refractivity contribution in [2.75, 3.05) is 5.73 Å². The lowest BCUT2D eigenvalue weighted by atomic mass is 9.80. The highest BCUT2D eigenvalue weighted by Crippen LogP contribution is 2.37. The Kier molecular flexibility index (Phi) is 3.90. The molecule has 0 spiro atoms. The van der Waals surface area contributed by atoms with Gasteiger partial charge in [-0.15, -0.1) is 0 Å². The first-order valence-electron chi connectivity index (χ1n) is 7.56. The summed E-state index contributed by atoms with van der Waals surface area (Å²) in [5.74, 6) is 1.76. The van der Waals surface area contributed by atoms with Crippen LogP contribution in [0.15, 0.2) is 22.7 Å². The van der Waals surface area contributed by atoms with Crippen molar-refractivity contribution < 1.29 is 8.91 Å². The van der Waals surface area contributed by atoms with Crippen molar-refractivity contribution in [3.63, 3.8) is 0 Å². The van der Waals surface area contributed by atoms with E-state index in [0.717, 1.165) is 24.6 Å². The predicted molar refractivity (Wildman–Crippen MR) is 79.1 cm³/mol. The number of hydrogen-bond donors (Lipinski definition) is 1. The molecule has 2 unspecified atom stereocenters. The molecule has 0 saturated heterocycles. The summed E-state index contributed by atoms with van der Waals surface area (Å²) in [5.41, 5.74) is 6.77. The highest BCUT2D eigenvalue weighted by molar-refractivity contribution is 5.70. The molecule has 0 radical (unpaired) electrons. The molecule has 21 heavy (non-hydrogen) atoms. The van der Waals surface area contributed by atoms with Gasteiger partial charge < -0.3 is 10.3 Å². The van der Waals surface area contributed by atoms with E-state index >= 15 is 0 Å². The Morgan fingerprint density at radius 1 is 1.38 bits per heavy atom. The zero-order valence-electron chi connectivity index (χ0n) is 12.2. The van der Waals surface area contributed by atoms with Gasteiger partial charge in [0.15, 0.2) is 5.82 Å². The van der Waals surface area contributed by atoms with Gasteiger partial charge in [-0.2, -0.15) is 4.98 Å². The minimum atomic E-state index is -0.359. The fourth-order valence-corrected chi connectivity index (χ4v) is 3.12. The third-order valence-corrected chi connectivity index (χ3v) is 4.41. The molecule has 3 rings (SSSR count). The molecule has 2 atom stereocenters. The van der Waals surface area contributed by atoms with Gasteiger partial charge in [0, 0.05) is 11.6 Å². The van der Waals surface area contributed by atoms with E-state index < -0.39 is 0 Å². The molecule has 1 aromatic heterocycles. The number of nitrogens with zero attached hydrogens (tertiary/aromatic N) is 2. The number of rotatable bonds is 3. The summed E-state index contributed by atoms with van der Waals surface area (Å²) in [6.07, 6.45) is 5.88. The second kappa shape index (κ2) is 5.84.